The lowest BCUT2D eigenvalue weighted by Crippen LogP contribution is -2.18. The first kappa shape index (κ1) is 16.0. The number of rotatable bonds is 2. The normalized spacial score (nSPS) is 12.0. The van der Waals surface area contributed by atoms with E-state index < -0.39 is 30.1 Å². The topological polar surface area (TPSA) is 83.0 Å². The van der Waals surface area contributed by atoms with E-state index in [1.807, 2.05) is 0 Å². The molecule has 2 heterocycles. The van der Waals surface area contributed by atoms with Crippen molar-refractivity contribution >= 4 is 33.6 Å². The summed E-state index contributed by atoms with van der Waals surface area (Å²) < 4.78 is 57.4. The van der Waals surface area contributed by atoms with E-state index in [4.69, 9.17) is 5.73 Å². The van der Waals surface area contributed by atoms with Crippen LogP contribution in [0.1, 0.15) is 10.4 Å². The summed E-state index contributed by atoms with van der Waals surface area (Å²) in [6.45, 7) is -1.36. The van der Waals surface area contributed by atoms with Crippen LogP contribution in [0.4, 0.5) is 23.4 Å². The summed E-state index contributed by atoms with van der Waals surface area (Å²) in [6.07, 6.45) is -3.38. The van der Waals surface area contributed by atoms with E-state index in [0.717, 1.165) is 25.4 Å². The standard InChI is InChI=1S/C14H10F4N4O2/c1-24-13(23)6-2-7-10(3-9(6)15)21-12(19)8-4-20-22(11(7)8)5-14(16,17)18/h2-4H,5H2,1H3,(H2,19,21). The minimum absolute atomic E-state index is 0.00841. The zero-order chi connectivity index (χ0) is 17.6. The van der Waals surface area contributed by atoms with E-state index in [-0.39, 0.29) is 27.6 Å². The van der Waals surface area contributed by atoms with E-state index in [9.17, 15) is 22.4 Å². The molecule has 3 aromatic rings. The van der Waals surface area contributed by atoms with Crippen LogP contribution in [0.3, 0.4) is 0 Å². The van der Waals surface area contributed by atoms with Crippen molar-refractivity contribution in [2.24, 2.45) is 0 Å². The number of alkyl halides is 3. The number of nitrogens with two attached hydrogens (primary N) is 1. The number of nitrogens with zero attached hydrogens (tertiary/aromatic N) is 3. The van der Waals surface area contributed by atoms with Crippen LogP contribution in [0.25, 0.3) is 21.8 Å². The second-order valence-electron chi connectivity index (χ2n) is 5.02. The largest absolute Gasteiger partial charge is 0.465 e. The molecule has 0 aliphatic heterocycles. The van der Waals surface area contributed by atoms with Gasteiger partial charge in [-0.2, -0.15) is 18.3 Å². The summed E-state index contributed by atoms with van der Waals surface area (Å²) in [5.74, 6) is -1.96. The molecule has 0 aliphatic carbocycles. The monoisotopic (exact) mass is 342 g/mol. The molecule has 6 nitrogen and oxygen atoms in total. The highest BCUT2D eigenvalue weighted by molar-refractivity contribution is 6.09. The zero-order valence-electron chi connectivity index (χ0n) is 12.2. The predicted molar refractivity (Wildman–Crippen MR) is 76.8 cm³/mol. The highest BCUT2D eigenvalue weighted by atomic mass is 19.4. The minimum Gasteiger partial charge on any atom is -0.465 e. The molecule has 0 spiro atoms. The first-order valence-electron chi connectivity index (χ1n) is 6.60. The van der Waals surface area contributed by atoms with Crippen LogP contribution in [-0.2, 0) is 11.3 Å². The Labute approximate surface area is 131 Å². The van der Waals surface area contributed by atoms with E-state index in [2.05, 4.69) is 14.8 Å². The van der Waals surface area contributed by atoms with Crippen LogP contribution < -0.4 is 5.73 Å². The summed E-state index contributed by atoms with van der Waals surface area (Å²) in [7, 11) is 1.07. The van der Waals surface area contributed by atoms with Crippen molar-refractivity contribution in [3.05, 3.63) is 29.7 Å². The predicted octanol–water partition coefficient (Wildman–Crippen LogP) is 2.65. The second kappa shape index (κ2) is 5.32. The quantitative estimate of drug-likeness (QED) is 0.572. The Morgan fingerprint density at radius 3 is 2.67 bits per heavy atom. The van der Waals surface area contributed by atoms with Gasteiger partial charge in [0, 0.05) is 11.5 Å². The maximum Gasteiger partial charge on any atom is 0.408 e. The summed E-state index contributed by atoms with van der Waals surface area (Å²) in [5, 5.41) is 3.96. The number of benzene rings is 1. The maximum atomic E-state index is 14.0. The number of carbonyl (C=O) groups excluding carboxylic acids is 1. The molecular weight excluding hydrogens is 332 g/mol. The highest BCUT2D eigenvalue weighted by Crippen LogP contribution is 2.31. The van der Waals surface area contributed by atoms with Gasteiger partial charge in [-0.15, -0.1) is 0 Å². The zero-order valence-corrected chi connectivity index (χ0v) is 12.2. The first-order chi connectivity index (χ1) is 11.2. The van der Waals surface area contributed by atoms with Gasteiger partial charge in [0.1, 0.15) is 18.2 Å². The molecule has 2 aromatic heterocycles. The molecule has 3 rings (SSSR count). The fraction of sp³-hybridized carbons (Fsp3) is 0.214. The molecule has 2 N–H and O–H groups in total. The molecule has 0 saturated heterocycles. The van der Waals surface area contributed by atoms with Gasteiger partial charge in [0.25, 0.3) is 0 Å². The lowest BCUT2D eigenvalue weighted by Gasteiger charge is -2.11. The molecule has 0 aliphatic rings. The van der Waals surface area contributed by atoms with Gasteiger partial charge in [0.15, 0.2) is 0 Å². The van der Waals surface area contributed by atoms with Gasteiger partial charge in [-0.05, 0) is 6.07 Å². The number of methoxy groups -OCH3 is 1. The van der Waals surface area contributed by atoms with Gasteiger partial charge in [-0.1, -0.05) is 0 Å². The molecule has 0 fully saturated rings. The number of hydrogen-bond acceptors (Lipinski definition) is 5. The van der Waals surface area contributed by atoms with Gasteiger partial charge in [0.05, 0.1) is 35.3 Å². The average Bonchev–Trinajstić information content (AvgIpc) is 2.88. The van der Waals surface area contributed by atoms with Crippen LogP contribution >= 0.6 is 0 Å². The Kier molecular flexibility index (Phi) is 3.54. The third kappa shape index (κ3) is 2.59. The van der Waals surface area contributed by atoms with Crippen molar-refractivity contribution in [2.75, 3.05) is 12.8 Å². The molecule has 126 valence electrons. The molecule has 0 saturated carbocycles. The molecule has 10 heteroatoms. The van der Waals surface area contributed by atoms with Crippen molar-refractivity contribution in [1.29, 1.82) is 0 Å². The third-order valence-corrected chi connectivity index (χ3v) is 3.43. The van der Waals surface area contributed by atoms with Crippen LogP contribution in [0.5, 0.6) is 0 Å². The molecule has 0 bridgehead atoms. The third-order valence-electron chi connectivity index (χ3n) is 3.43. The molecule has 0 radical (unpaired) electrons. The van der Waals surface area contributed by atoms with Gasteiger partial charge < -0.3 is 10.5 Å². The lowest BCUT2D eigenvalue weighted by molar-refractivity contribution is -0.141. The van der Waals surface area contributed by atoms with Crippen molar-refractivity contribution in [3.8, 4) is 0 Å². The van der Waals surface area contributed by atoms with Crippen LogP contribution in [0.2, 0.25) is 0 Å². The number of hydrogen-bond donors (Lipinski definition) is 1. The van der Waals surface area contributed by atoms with E-state index in [1.54, 1.807) is 0 Å². The first-order valence-corrected chi connectivity index (χ1v) is 6.60. The number of nitrogen functional groups attached to an aromatic ring is 1. The number of esters is 1. The van der Waals surface area contributed by atoms with Crippen LogP contribution in [0.15, 0.2) is 18.3 Å². The van der Waals surface area contributed by atoms with Crippen LogP contribution in [0, 0.1) is 5.82 Å². The van der Waals surface area contributed by atoms with Crippen LogP contribution in [-0.4, -0.2) is 34.0 Å². The lowest BCUT2D eigenvalue weighted by atomic mass is 10.1. The Hall–Kier alpha value is -2.91. The van der Waals surface area contributed by atoms with Crippen molar-refractivity contribution in [3.63, 3.8) is 0 Å². The molecular formula is C14H10F4N4O2. The summed E-state index contributed by atoms with van der Waals surface area (Å²) in [4.78, 5) is 15.6. The van der Waals surface area contributed by atoms with Gasteiger partial charge in [-0.25, -0.2) is 14.2 Å². The SMILES string of the molecule is COC(=O)c1cc2c(cc1F)nc(N)c1cnn(CC(F)(F)F)c12. The number of halogens is 4. The van der Waals surface area contributed by atoms with Gasteiger partial charge in [-0.3, -0.25) is 4.68 Å². The van der Waals surface area contributed by atoms with Gasteiger partial charge >= 0.3 is 12.1 Å². The average molecular weight is 342 g/mol. The van der Waals surface area contributed by atoms with E-state index in [1.165, 1.54) is 0 Å². The maximum absolute atomic E-state index is 14.0. The van der Waals surface area contributed by atoms with Crippen molar-refractivity contribution in [1.82, 2.24) is 14.8 Å². The Morgan fingerprint density at radius 2 is 2.04 bits per heavy atom. The number of carbonyl (C=O) groups is 1. The summed E-state index contributed by atoms with van der Waals surface area (Å²) in [5.41, 5.74) is 5.32. The summed E-state index contributed by atoms with van der Waals surface area (Å²) in [6, 6.07) is 2.00. The highest BCUT2D eigenvalue weighted by Gasteiger charge is 2.30. The fourth-order valence-corrected chi connectivity index (χ4v) is 2.45. The molecule has 0 atom stereocenters. The van der Waals surface area contributed by atoms with Crippen molar-refractivity contribution < 1.29 is 27.1 Å². The van der Waals surface area contributed by atoms with Crippen molar-refractivity contribution in [2.45, 2.75) is 12.7 Å². The molecule has 0 unspecified atom stereocenters. The molecule has 24 heavy (non-hydrogen) atoms. The Balaban J connectivity index is 2.38. The number of aromatic nitrogens is 3. The fourth-order valence-electron chi connectivity index (χ4n) is 2.45. The Morgan fingerprint density at radius 1 is 1.33 bits per heavy atom. The minimum atomic E-state index is -4.52. The summed E-state index contributed by atoms with van der Waals surface area (Å²) >= 11 is 0. The number of anilines is 1. The van der Waals surface area contributed by atoms with E-state index >= 15 is 0 Å². The number of fused-ring (bicyclic) bond motifs is 3. The smallest absolute Gasteiger partial charge is 0.408 e. The molecule has 0 amide bonds. The second-order valence-corrected chi connectivity index (χ2v) is 5.02. The Bertz CT molecular complexity index is 965. The number of pyridine rings is 1. The number of ether oxygens (including phenoxy) is 1. The van der Waals surface area contributed by atoms with Gasteiger partial charge in [0.2, 0.25) is 0 Å². The molecule has 1 aromatic carbocycles. The van der Waals surface area contributed by atoms with E-state index in [0.29, 0.717) is 4.68 Å².